The molecule has 0 atom stereocenters. The van der Waals surface area contributed by atoms with Crippen LogP contribution in [0.5, 0.6) is 5.75 Å². The Hall–Kier alpha value is -1.61. The maximum atomic E-state index is 5.91. The molecule has 2 rings (SSSR count). The number of rotatable bonds is 3. The first-order valence-corrected chi connectivity index (χ1v) is 5.33. The van der Waals surface area contributed by atoms with Crippen LogP contribution >= 0.6 is 11.6 Å². The van der Waals surface area contributed by atoms with Crippen LogP contribution in [-0.4, -0.2) is 16.6 Å². The Morgan fingerprint density at radius 3 is 3.12 bits per heavy atom. The van der Waals surface area contributed by atoms with E-state index in [1.165, 1.54) is 0 Å². The molecule has 0 saturated carbocycles. The highest BCUT2D eigenvalue weighted by molar-refractivity contribution is 6.33. The Labute approximate surface area is 98.7 Å². The zero-order valence-electron chi connectivity index (χ0n) is 8.85. The van der Waals surface area contributed by atoms with Crippen LogP contribution in [0.2, 0.25) is 5.15 Å². The van der Waals surface area contributed by atoms with E-state index in [2.05, 4.69) is 9.97 Å². The van der Waals surface area contributed by atoms with Gasteiger partial charge in [-0.3, -0.25) is 0 Å². The van der Waals surface area contributed by atoms with Crippen molar-refractivity contribution in [1.82, 2.24) is 9.97 Å². The quantitative estimate of drug-likeness (QED) is 0.604. The fourth-order valence-electron chi connectivity index (χ4n) is 1.32. The molecule has 16 heavy (non-hydrogen) atoms. The summed E-state index contributed by atoms with van der Waals surface area (Å²) in [5.41, 5.74) is 0.697. The van der Waals surface area contributed by atoms with Crippen LogP contribution in [0.3, 0.4) is 0 Å². The molecule has 2 aromatic heterocycles. The van der Waals surface area contributed by atoms with Gasteiger partial charge in [-0.25, -0.2) is 9.97 Å². The summed E-state index contributed by atoms with van der Waals surface area (Å²) in [4.78, 5) is 8.18. The number of hydrogen-bond donors (Lipinski definition) is 0. The van der Waals surface area contributed by atoms with Crippen molar-refractivity contribution in [3.8, 4) is 5.75 Å². The third-order valence-electron chi connectivity index (χ3n) is 2.11. The largest absolute Gasteiger partial charge is 0.488 e. The van der Waals surface area contributed by atoms with Crippen LogP contribution in [0.25, 0.3) is 10.9 Å². The van der Waals surface area contributed by atoms with Crippen LogP contribution in [0.15, 0.2) is 36.7 Å². The van der Waals surface area contributed by atoms with E-state index in [1.54, 1.807) is 12.4 Å². The van der Waals surface area contributed by atoms with Gasteiger partial charge in [-0.1, -0.05) is 23.8 Å². The van der Waals surface area contributed by atoms with E-state index in [1.807, 2.05) is 31.2 Å². The maximum absolute atomic E-state index is 5.91. The Balaban J connectivity index is 2.30. The highest BCUT2D eigenvalue weighted by Crippen LogP contribution is 2.22. The summed E-state index contributed by atoms with van der Waals surface area (Å²) in [7, 11) is 0. The summed E-state index contributed by atoms with van der Waals surface area (Å²) in [5.74, 6) is 0.730. The van der Waals surface area contributed by atoms with Crippen LogP contribution < -0.4 is 4.74 Å². The van der Waals surface area contributed by atoms with Gasteiger partial charge in [0.1, 0.15) is 17.9 Å². The van der Waals surface area contributed by atoms with Crippen molar-refractivity contribution < 1.29 is 4.74 Å². The standard InChI is InChI=1S/C12H11ClN2O/c1-2-3-6-16-10-7-9-4-5-14-12(13)11(9)15-8-10/h2-5,7-8H,6H2,1H3. The van der Waals surface area contributed by atoms with Gasteiger partial charge in [-0.15, -0.1) is 0 Å². The fraction of sp³-hybridized carbons (Fsp3) is 0.167. The van der Waals surface area contributed by atoms with Crippen LogP contribution in [0.1, 0.15) is 6.92 Å². The van der Waals surface area contributed by atoms with E-state index in [4.69, 9.17) is 16.3 Å². The third kappa shape index (κ3) is 2.31. The molecule has 0 saturated heterocycles. The fourth-order valence-corrected chi connectivity index (χ4v) is 1.54. The van der Waals surface area contributed by atoms with Crippen LogP contribution in [0.4, 0.5) is 0 Å². The van der Waals surface area contributed by atoms with Gasteiger partial charge in [0.25, 0.3) is 0 Å². The van der Waals surface area contributed by atoms with Gasteiger partial charge in [-0.05, 0) is 19.1 Å². The topological polar surface area (TPSA) is 35.0 Å². The first-order chi connectivity index (χ1) is 7.81. The molecule has 0 fully saturated rings. The molecule has 2 heterocycles. The first-order valence-electron chi connectivity index (χ1n) is 4.95. The van der Waals surface area contributed by atoms with Gasteiger partial charge in [0.2, 0.25) is 0 Å². The number of pyridine rings is 2. The molecule has 0 aliphatic carbocycles. The minimum absolute atomic E-state index is 0.414. The van der Waals surface area contributed by atoms with Gasteiger partial charge >= 0.3 is 0 Å². The average molecular weight is 235 g/mol. The molecule has 0 spiro atoms. The summed E-state index contributed by atoms with van der Waals surface area (Å²) in [6, 6.07) is 3.76. The molecule has 4 heteroatoms. The monoisotopic (exact) mass is 234 g/mol. The molecule has 0 bridgehead atoms. The van der Waals surface area contributed by atoms with Gasteiger partial charge in [0, 0.05) is 11.6 Å². The van der Waals surface area contributed by atoms with Crippen molar-refractivity contribution in [1.29, 1.82) is 0 Å². The van der Waals surface area contributed by atoms with E-state index in [9.17, 15) is 0 Å². The SMILES string of the molecule is CC=CCOc1cnc2c(Cl)nccc2c1. The van der Waals surface area contributed by atoms with Crippen LogP contribution in [-0.2, 0) is 0 Å². The highest BCUT2D eigenvalue weighted by Gasteiger charge is 2.02. The van der Waals surface area contributed by atoms with Gasteiger partial charge in [0.05, 0.1) is 6.20 Å². The van der Waals surface area contributed by atoms with Crippen molar-refractivity contribution in [3.63, 3.8) is 0 Å². The van der Waals surface area contributed by atoms with E-state index in [0.29, 0.717) is 17.3 Å². The summed E-state index contributed by atoms with van der Waals surface area (Å²) in [6.07, 6.45) is 7.18. The molecule has 0 aliphatic rings. The van der Waals surface area contributed by atoms with E-state index >= 15 is 0 Å². The van der Waals surface area contributed by atoms with E-state index < -0.39 is 0 Å². The Bertz CT molecular complexity index is 525. The van der Waals surface area contributed by atoms with Crippen molar-refractivity contribution in [2.45, 2.75) is 6.92 Å². The predicted octanol–water partition coefficient (Wildman–Crippen LogP) is 3.24. The summed E-state index contributed by atoms with van der Waals surface area (Å²) < 4.78 is 5.48. The second-order valence-corrected chi connectivity index (χ2v) is 3.58. The van der Waals surface area contributed by atoms with Gasteiger partial charge in [0.15, 0.2) is 5.15 Å². The number of fused-ring (bicyclic) bond motifs is 1. The summed E-state index contributed by atoms with van der Waals surface area (Å²) in [6.45, 7) is 2.50. The maximum Gasteiger partial charge on any atom is 0.155 e. The molecule has 0 aromatic carbocycles. The zero-order valence-corrected chi connectivity index (χ0v) is 9.61. The first kappa shape index (κ1) is 10.9. The molecular formula is C12H11ClN2O. The zero-order chi connectivity index (χ0) is 11.4. The number of allylic oxidation sites excluding steroid dienone is 1. The summed E-state index contributed by atoms with van der Waals surface area (Å²) in [5, 5.41) is 1.34. The number of ether oxygens (including phenoxy) is 1. The third-order valence-corrected chi connectivity index (χ3v) is 2.39. The molecule has 0 aliphatic heterocycles. The molecule has 0 unspecified atom stereocenters. The number of aromatic nitrogens is 2. The summed E-state index contributed by atoms with van der Waals surface area (Å²) >= 11 is 5.91. The van der Waals surface area contributed by atoms with Crippen molar-refractivity contribution in [2.24, 2.45) is 0 Å². The normalized spacial score (nSPS) is 11.1. The lowest BCUT2D eigenvalue weighted by Gasteiger charge is -2.04. The molecule has 0 N–H and O–H groups in total. The van der Waals surface area contributed by atoms with E-state index in [0.717, 1.165) is 11.1 Å². The van der Waals surface area contributed by atoms with Gasteiger partial charge < -0.3 is 4.74 Å². The average Bonchev–Trinajstić information content (AvgIpc) is 2.30. The smallest absolute Gasteiger partial charge is 0.155 e. The molecule has 0 radical (unpaired) electrons. The molecule has 0 amide bonds. The van der Waals surface area contributed by atoms with Gasteiger partial charge in [-0.2, -0.15) is 0 Å². The molecular weight excluding hydrogens is 224 g/mol. The molecule has 2 aromatic rings. The van der Waals surface area contributed by atoms with Crippen molar-refractivity contribution in [3.05, 3.63) is 41.8 Å². The Kier molecular flexibility index (Phi) is 3.37. The minimum atomic E-state index is 0.414. The Morgan fingerprint density at radius 1 is 1.44 bits per heavy atom. The Morgan fingerprint density at radius 2 is 2.31 bits per heavy atom. The number of hydrogen-bond acceptors (Lipinski definition) is 3. The van der Waals surface area contributed by atoms with Crippen molar-refractivity contribution >= 4 is 22.5 Å². The lowest BCUT2D eigenvalue weighted by atomic mass is 10.2. The van der Waals surface area contributed by atoms with Crippen LogP contribution in [0, 0.1) is 0 Å². The number of halogens is 1. The van der Waals surface area contributed by atoms with E-state index in [-0.39, 0.29) is 0 Å². The number of nitrogens with zero attached hydrogens (tertiary/aromatic N) is 2. The van der Waals surface area contributed by atoms with Crippen molar-refractivity contribution in [2.75, 3.05) is 6.61 Å². The highest BCUT2D eigenvalue weighted by atomic mass is 35.5. The second kappa shape index (κ2) is 4.94. The molecule has 3 nitrogen and oxygen atoms in total. The second-order valence-electron chi connectivity index (χ2n) is 3.22. The lowest BCUT2D eigenvalue weighted by Crippen LogP contribution is -1.94. The molecule has 82 valence electrons. The minimum Gasteiger partial charge on any atom is -0.488 e. The predicted molar refractivity (Wildman–Crippen MR) is 64.9 cm³/mol. The lowest BCUT2D eigenvalue weighted by molar-refractivity contribution is 0.362.